The Morgan fingerprint density at radius 2 is 1.90 bits per heavy atom. The van der Waals surface area contributed by atoms with E-state index in [0.717, 1.165) is 10.4 Å². The Morgan fingerprint density at radius 1 is 1.14 bits per heavy atom. The molecule has 2 aromatic rings. The van der Waals surface area contributed by atoms with E-state index in [4.69, 9.17) is 0 Å². The molecule has 1 atom stereocenters. The number of carbonyl (C=O) groups is 2. The fourth-order valence-electron chi connectivity index (χ4n) is 2.03. The molecule has 1 aromatic carbocycles. The molecule has 1 amide bonds. The SMILES string of the molecule is O=C(Cc1cccs1)NC(CCc1ccccc1)C(=O)O. The molecule has 0 aliphatic heterocycles. The summed E-state index contributed by atoms with van der Waals surface area (Å²) in [6.07, 6.45) is 1.24. The van der Waals surface area contributed by atoms with Gasteiger partial charge in [-0.15, -0.1) is 11.3 Å². The monoisotopic (exact) mass is 303 g/mol. The maximum atomic E-state index is 11.9. The lowest BCUT2D eigenvalue weighted by Crippen LogP contribution is -2.41. The van der Waals surface area contributed by atoms with Gasteiger partial charge in [0.25, 0.3) is 0 Å². The number of aliphatic carboxylic acids is 1. The third-order valence-electron chi connectivity index (χ3n) is 3.11. The van der Waals surface area contributed by atoms with Crippen LogP contribution in [0.2, 0.25) is 0 Å². The first-order chi connectivity index (χ1) is 10.1. The minimum Gasteiger partial charge on any atom is -0.480 e. The molecule has 2 N–H and O–H groups in total. The van der Waals surface area contributed by atoms with Crippen molar-refractivity contribution in [2.24, 2.45) is 0 Å². The van der Waals surface area contributed by atoms with Crippen LogP contribution in [0.5, 0.6) is 0 Å². The molecule has 0 bridgehead atoms. The van der Waals surface area contributed by atoms with Crippen molar-refractivity contribution in [3.8, 4) is 0 Å². The summed E-state index contributed by atoms with van der Waals surface area (Å²) < 4.78 is 0. The van der Waals surface area contributed by atoms with E-state index in [1.54, 1.807) is 0 Å². The molecule has 0 fully saturated rings. The highest BCUT2D eigenvalue weighted by molar-refractivity contribution is 7.10. The number of aryl methyl sites for hydroxylation is 1. The number of amides is 1. The van der Waals surface area contributed by atoms with E-state index in [1.165, 1.54) is 11.3 Å². The molecule has 21 heavy (non-hydrogen) atoms. The summed E-state index contributed by atoms with van der Waals surface area (Å²) in [6, 6.07) is 12.5. The van der Waals surface area contributed by atoms with Crippen LogP contribution in [0.4, 0.5) is 0 Å². The Morgan fingerprint density at radius 3 is 2.52 bits per heavy atom. The van der Waals surface area contributed by atoms with Crippen LogP contribution >= 0.6 is 11.3 Å². The molecular weight excluding hydrogens is 286 g/mol. The standard InChI is InChI=1S/C16H17NO3S/c18-15(11-13-7-4-10-21-13)17-14(16(19)20)9-8-12-5-2-1-3-6-12/h1-7,10,14H,8-9,11H2,(H,17,18)(H,19,20). The van der Waals surface area contributed by atoms with Crippen LogP contribution in [0.15, 0.2) is 47.8 Å². The zero-order valence-electron chi connectivity index (χ0n) is 11.5. The largest absolute Gasteiger partial charge is 0.480 e. The quantitative estimate of drug-likeness (QED) is 0.826. The lowest BCUT2D eigenvalue weighted by molar-refractivity contribution is -0.141. The Hall–Kier alpha value is -2.14. The fraction of sp³-hybridized carbons (Fsp3) is 0.250. The Labute approximate surface area is 127 Å². The topological polar surface area (TPSA) is 66.4 Å². The fourth-order valence-corrected chi connectivity index (χ4v) is 2.73. The average Bonchev–Trinajstić information content (AvgIpc) is 2.97. The Balaban J connectivity index is 1.87. The van der Waals surface area contributed by atoms with Gasteiger partial charge in [0.1, 0.15) is 6.04 Å². The number of carboxylic acids is 1. The summed E-state index contributed by atoms with van der Waals surface area (Å²) in [4.78, 5) is 24.0. The molecule has 0 aliphatic rings. The predicted molar refractivity (Wildman–Crippen MR) is 82.4 cm³/mol. The highest BCUT2D eigenvalue weighted by Crippen LogP contribution is 2.10. The molecule has 4 nitrogen and oxygen atoms in total. The Kier molecular flexibility index (Phi) is 5.51. The molecule has 1 heterocycles. The summed E-state index contributed by atoms with van der Waals surface area (Å²) in [6.45, 7) is 0. The second-order valence-corrected chi connectivity index (χ2v) is 5.77. The van der Waals surface area contributed by atoms with E-state index < -0.39 is 12.0 Å². The van der Waals surface area contributed by atoms with Gasteiger partial charge in [0, 0.05) is 4.88 Å². The molecular formula is C16H17NO3S. The Bertz CT molecular complexity index is 581. The lowest BCUT2D eigenvalue weighted by Gasteiger charge is -2.14. The first-order valence-electron chi connectivity index (χ1n) is 6.73. The van der Waals surface area contributed by atoms with E-state index in [1.807, 2.05) is 47.8 Å². The molecule has 1 unspecified atom stereocenters. The molecule has 0 radical (unpaired) electrons. The predicted octanol–water partition coefficient (Wildman–Crippen LogP) is 2.49. The van der Waals surface area contributed by atoms with Gasteiger partial charge >= 0.3 is 5.97 Å². The molecule has 2 rings (SSSR count). The molecule has 1 aromatic heterocycles. The van der Waals surface area contributed by atoms with Gasteiger partial charge in [-0.25, -0.2) is 4.79 Å². The van der Waals surface area contributed by atoms with Gasteiger partial charge in [0.2, 0.25) is 5.91 Å². The van der Waals surface area contributed by atoms with Gasteiger partial charge in [-0.3, -0.25) is 4.79 Å². The van der Waals surface area contributed by atoms with Gasteiger partial charge in [0.05, 0.1) is 6.42 Å². The van der Waals surface area contributed by atoms with Crippen LogP contribution in [-0.4, -0.2) is 23.0 Å². The van der Waals surface area contributed by atoms with Gasteiger partial charge in [-0.05, 0) is 29.9 Å². The molecule has 0 spiro atoms. The zero-order valence-corrected chi connectivity index (χ0v) is 12.3. The average molecular weight is 303 g/mol. The van der Waals surface area contributed by atoms with E-state index >= 15 is 0 Å². The van der Waals surface area contributed by atoms with E-state index in [2.05, 4.69) is 5.32 Å². The van der Waals surface area contributed by atoms with Crippen molar-refractivity contribution in [1.29, 1.82) is 0 Å². The van der Waals surface area contributed by atoms with Crippen molar-refractivity contribution in [3.63, 3.8) is 0 Å². The van der Waals surface area contributed by atoms with Crippen molar-refractivity contribution >= 4 is 23.2 Å². The third-order valence-corrected chi connectivity index (χ3v) is 3.99. The van der Waals surface area contributed by atoms with Gasteiger partial charge in [-0.1, -0.05) is 36.4 Å². The number of rotatable bonds is 7. The van der Waals surface area contributed by atoms with Gasteiger partial charge < -0.3 is 10.4 Å². The maximum Gasteiger partial charge on any atom is 0.326 e. The number of thiophene rings is 1. The minimum absolute atomic E-state index is 0.229. The van der Waals surface area contributed by atoms with Crippen LogP contribution in [0.3, 0.4) is 0 Å². The summed E-state index contributed by atoms with van der Waals surface area (Å²) in [7, 11) is 0. The van der Waals surface area contributed by atoms with Crippen molar-refractivity contribution < 1.29 is 14.7 Å². The first kappa shape index (κ1) is 15.3. The molecule has 0 saturated heterocycles. The number of carboxylic acid groups (broad SMARTS) is 1. The smallest absolute Gasteiger partial charge is 0.326 e. The minimum atomic E-state index is -0.995. The molecule has 0 aliphatic carbocycles. The first-order valence-corrected chi connectivity index (χ1v) is 7.61. The summed E-state index contributed by atoms with van der Waals surface area (Å²) >= 11 is 1.49. The van der Waals surface area contributed by atoms with Crippen LogP contribution in [0, 0.1) is 0 Å². The van der Waals surface area contributed by atoms with Crippen molar-refractivity contribution in [1.82, 2.24) is 5.32 Å². The summed E-state index contributed by atoms with van der Waals surface area (Å²) in [5, 5.41) is 13.7. The highest BCUT2D eigenvalue weighted by Gasteiger charge is 2.19. The normalized spacial score (nSPS) is 11.8. The second-order valence-electron chi connectivity index (χ2n) is 4.74. The van der Waals surface area contributed by atoms with Crippen LogP contribution in [-0.2, 0) is 22.4 Å². The number of hydrogen-bond donors (Lipinski definition) is 2. The van der Waals surface area contributed by atoms with Crippen LogP contribution < -0.4 is 5.32 Å². The molecule has 5 heteroatoms. The zero-order chi connectivity index (χ0) is 15.1. The van der Waals surface area contributed by atoms with Crippen LogP contribution in [0.1, 0.15) is 16.9 Å². The third kappa shape index (κ3) is 5.04. The maximum absolute atomic E-state index is 11.9. The van der Waals surface area contributed by atoms with Crippen molar-refractivity contribution in [3.05, 3.63) is 58.3 Å². The highest BCUT2D eigenvalue weighted by atomic mass is 32.1. The second kappa shape index (κ2) is 7.59. The lowest BCUT2D eigenvalue weighted by atomic mass is 10.1. The molecule has 110 valence electrons. The number of carbonyl (C=O) groups excluding carboxylic acids is 1. The summed E-state index contributed by atoms with van der Waals surface area (Å²) in [5.41, 5.74) is 1.07. The number of nitrogens with one attached hydrogen (secondary N) is 1. The van der Waals surface area contributed by atoms with E-state index in [0.29, 0.717) is 12.8 Å². The molecule has 0 saturated carbocycles. The van der Waals surface area contributed by atoms with E-state index in [-0.39, 0.29) is 12.3 Å². The van der Waals surface area contributed by atoms with E-state index in [9.17, 15) is 14.7 Å². The number of benzene rings is 1. The van der Waals surface area contributed by atoms with Crippen molar-refractivity contribution in [2.45, 2.75) is 25.3 Å². The number of hydrogen-bond acceptors (Lipinski definition) is 3. The summed E-state index contributed by atoms with van der Waals surface area (Å²) in [5.74, 6) is -1.25. The van der Waals surface area contributed by atoms with Crippen molar-refractivity contribution in [2.75, 3.05) is 0 Å². The van der Waals surface area contributed by atoms with Gasteiger partial charge in [-0.2, -0.15) is 0 Å². The van der Waals surface area contributed by atoms with Gasteiger partial charge in [0.15, 0.2) is 0 Å². The van der Waals surface area contributed by atoms with Crippen LogP contribution in [0.25, 0.3) is 0 Å².